The molecule has 4 amide bonds. The highest BCUT2D eigenvalue weighted by Gasteiger charge is 2.40. The quantitative estimate of drug-likeness (QED) is 0.0602. The summed E-state index contributed by atoms with van der Waals surface area (Å²) in [4.78, 5) is 31.5. The van der Waals surface area contributed by atoms with Crippen molar-refractivity contribution in [3.05, 3.63) is 87.9 Å². The second-order valence-corrected chi connectivity index (χ2v) is 22.3. The molecule has 0 spiro atoms. The Kier molecular flexibility index (Phi) is 20.7. The number of carbonyl (C=O) groups excluding carboxylic acids is 2. The lowest BCUT2D eigenvalue weighted by Gasteiger charge is -2.32. The molecule has 394 valence electrons. The summed E-state index contributed by atoms with van der Waals surface area (Å²) in [5, 5.41) is 30.4. The second kappa shape index (κ2) is 27.1. The summed E-state index contributed by atoms with van der Waals surface area (Å²) in [5.41, 5.74) is 3.16. The minimum atomic E-state index is -3.79. The number of urea groups is 2. The van der Waals surface area contributed by atoms with Gasteiger partial charge in [-0.2, -0.15) is 5.26 Å². The molecule has 0 bridgehead atoms. The lowest BCUT2D eigenvalue weighted by molar-refractivity contribution is 0.0821. The normalized spacial score (nSPS) is 20.9. The summed E-state index contributed by atoms with van der Waals surface area (Å²) in [6.07, 6.45) is 4.18. The topological polar surface area (TPSA) is 262 Å². The molecule has 7 rings (SSSR count). The van der Waals surface area contributed by atoms with Gasteiger partial charge in [-0.25, -0.2) is 36.3 Å². The van der Waals surface area contributed by atoms with Crippen molar-refractivity contribution in [2.75, 3.05) is 118 Å². The first-order valence-corrected chi connectivity index (χ1v) is 28.4. The Morgan fingerprint density at radius 2 is 1.43 bits per heavy atom. The van der Waals surface area contributed by atoms with E-state index in [1.165, 1.54) is 0 Å². The number of nitrogens with zero attached hydrogens (tertiary/aromatic N) is 4. The third-order valence-electron chi connectivity index (χ3n) is 13.6. The zero-order valence-corrected chi connectivity index (χ0v) is 43.2. The van der Waals surface area contributed by atoms with E-state index in [1.54, 1.807) is 42.5 Å². The standard InChI is InChI=1S/C49H70ClN11O9S2/c50-38-30-37(33-51)43-32-45(61-20-5-14-53-17-23-61)47(44(43)31-38)70-40-8-10-41(11-9-40)72(66,67)58-39-13-22-60(35-39)25-29-69-27-19-57-49(63)55-16-4-3-15-54-48(62)56-18-26-68-28-24-59-21-12-36(34-59)42-6-1-2-7-46(42)71(52,64)65/h1-2,6-11,30-31,36,39,45,47,53,58H,3-5,12-29,32,34-35H2,(H2,52,64,65)(H2,54,56,62)(H2,55,57,63)/t36-,39+,45-,47-/m0/s1. The maximum atomic E-state index is 13.4. The van der Waals surface area contributed by atoms with E-state index in [-0.39, 0.29) is 46.0 Å². The molecule has 3 aliphatic heterocycles. The van der Waals surface area contributed by atoms with Crippen molar-refractivity contribution < 1.29 is 40.6 Å². The van der Waals surface area contributed by atoms with E-state index in [1.807, 2.05) is 18.2 Å². The molecule has 3 aromatic carbocycles. The monoisotopic (exact) mass is 1060 g/mol. The molecule has 1 aliphatic carbocycles. The SMILES string of the molecule is N#Cc1cc(Cl)cc2c1C[C@H](N1CCCNCC1)[C@H]2Oc1ccc(S(=O)(=O)N[C@@H]2CCN(CCOCCNC(=O)NCCCCNC(=O)NCCOCCN3CC[C@H](c4ccccc4S(N)(=O)=O)C3)C2)cc1. The van der Waals surface area contributed by atoms with Crippen molar-refractivity contribution in [1.29, 1.82) is 5.26 Å². The minimum Gasteiger partial charge on any atom is -0.484 e. The summed E-state index contributed by atoms with van der Waals surface area (Å²) < 4.78 is 71.8. The van der Waals surface area contributed by atoms with E-state index < -0.39 is 20.0 Å². The molecule has 0 aromatic heterocycles. The maximum Gasteiger partial charge on any atom is 0.314 e. The van der Waals surface area contributed by atoms with Crippen LogP contribution in [0.15, 0.2) is 70.5 Å². The number of primary sulfonamides is 1. The van der Waals surface area contributed by atoms with Gasteiger partial charge in [0.1, 0.15) is 11.9 Å². The van der Waals surface area contributed by atoms with Crippen molar-refractivity contribution in [1.82, 2.24) is 46.0 Å². The van der Waals surface area contributed by atoms with Crippen LogP contribution >= 0.6 is 11.6 Å². The first-order valence-electron chi connectivity index (χ1n) is 25.0. The van der Waals surface area contributed by atoms with E-state index in [4.69, 9.17) is 31.0 Å². The molecule has 20 nitrogen and oxygen atoms in total. The van der Waals surface area contributed by atoms with Crippen LogP contribution in [0.5, 0.6) is 5.75 Å². The maximum absolute atomic E-state index is 13.4. The van der Waals surface area contributed by atoms with Crippen LogP contribution in [-0.2, 0) is 35.9 Å². The number of hydrogen-bond acceptors (Lipinski definition) is 14. The number of nitriles is 1. The van der Waals surface area contributed by atoms with Crippen LogP contribution in [-0.4, -0.2) is 174 Å². The van der Waals surface area contributed by atoms with Gasteiger partial charge < -0.3 is 45.7 Å². The Morgan fingerprint density at radius 1 is 0.778 bits per heavy atom. The van der Waals surface area contributed by atoms with Crippen molar-refractivity contribution in [2.24, 2.45) is 5.14 Å². The van der Waals surface area contributed by atoms with Crippen molar-refractivity contribution >= 4 is 43.7 Å². The van der Waals surface area contributed by atoms with Crippen LogP contribution in [0.2, 0.25) is 5.02 Å². The molecular weight excluding hydrogens is 986 g/mol. The Labute approximate surface area is 429 Å². The number of unbranched alkanes of at least 4 members (excludes halogenated alkanes) is 1. The molecule has 72 heavy (non-hydrogen) atoms. The number of carbonyl (C=O) groups is 2. The number of halogens is 1. The molecule has 0 saturated carbocycles. The molecule has 0 unspecified atom stereocenters. The summed E-state index contributed by atoms with van der Waals surface area (Å²) >= 11 is 6.46. The first kappa shape index (κ1) is 55.1. The van der Waals surface area contributed by atoms with Crippen LogP contribution in [0.25, 0.3) is 0 Å². The van der Waals surface area contributed by atoms with E-state index in [0.717, 1.165) is 75.3 Å². The van der Waals surface area contributed by atoms with Crippen LogP contribution in [0.3, 0.4) is 0 Å². The average Bonchev–Trinajstić information content (AvgIpc) is 4.05. The van der Waals surface area contributed by atoms with E-state index in [0.29, 0.717) is 114 Å². The van der Waals surface area contributed by atoms with Gasteiger partial charge in [0, 0.05) is 76.5 Å². The minimum absolute atomic E-state index is 0.00585. The Balaban J connectivity index is 0.686. The lowest BCUT2D eigenvalue weighted by atomic mass is 9.98. The van der Waals surface area contributed by atoms with Crippen molar-refractivity contribution in [3.63, 3.8) is 0 Å². The highest BCUT2D eigenvalue weighted by atomic mass is 35.5. The molecule has 3 saturated heterocycles. The summed E-state index contributed by atoms with van der Waals surface area (Å²) in [6.45, 7) is 11.0. The molecule has 8 N–H and O–H groups in total. The summed E-state index contributed by atoms with van der Waals surface area (Å²) in [5.74, 6) is 0.628. The Morgan fingerprint density at radius 3 is 2.11 bits per heavy atom. The van der Waals surface area contributed by atoms with Crippen molar-refractivity contribution in [2.45, 2.75) is 72.4 Å². The Bertz CT molecular complexity index is 2530. The van der Waals surface area contributed by atoms with Gasteiger partial charge in [-0.1, -0.05) is 29.8 Å². The number of rotatable bonds is 25. The van der Waals surface area contributed by atoms with Crippen LogP contribution in [0.4, 0.5) is 9.59 Å². The fraction of sp³-hybridized carbons (Fsp3) is 0.571. The van der Waals surface area contributed by atoms with Gasteiger partial charge in [0.05, 0.1) is 53.9 Å². The van der Waals surface area contributed by atoms with Gasteiger partial charge in [0.2, 0.25) is 20.0 Å². The number of nitrogens with two attached hydrogens (primary N) is 1. The number of fused-ring (bicyclic) bond motifs is 1. The predicted molar refractivity (Wildman–Crippen MR) is 273 cm³/mol. The fourth-order valence-electron chi connectivity index (χ4n) is 9.90. The van der Waals surface area contributed by atoms with Gasteiger partial charge >= 0.3 is 12.1 Å². The third-order valence-corrected chi connectivity index (χ3v) is 16.3. The number of amides is 4. The van der Waals surface area contributed by atoms with Crippen LogP contribution < -0.4 is 41.2 Å². The second-order valence-electron chi connectivity index (χ2n) is 18.6. The Hall–Kier alpha value is -4.64. The highest BCUT2D eigenvalue weighted by Crippen LogP contribution is 2.41. The first-order chi connectivity index (χ1) is 34.8. The summed E-state index contributed by atoms with van der Waals surface area (Å²) in [7, 11) is -7.58. The van der Waals surface area contributed by atoms with E-state index >= 15 is 0 Å². The van der Waals surface area contributed by atoms with Gasteiger partial charge in [-0.05, 0) is 130 Å². The zero-order chi connectivity index (χ0) is 50.9. The van der Waals surface area contributed by atoms with E-state index in [9.17, 15) is 31.7 Å². The molecule has 3 fully saturated rings. The molecule has 0 radical (unpaired) electrons. The van der Waals surface area contributed by atoms with Gasteiger partial charge in [0.25, 0.3) is 0 Å². The number of nitrogens with one attached hydrogen (secondary N) is 6. The van der Waals surface area contributed by atoms with Crippen LogP contribution in [0.1, 0.15) is 66.4 Å². The smallest absolute Gasteiger partial charge is 0.314 e. The molecule has 3 heterocycles. The van der Waals surface area contributed by atoms with Gasteiger partial charge in [0.15, 0.2) is 0 Å². The number of sulfonamides is 2. The third kappa shape index (κ3) is 16.2. The molecule has 4 atom stereocenters. The lowest BCUT2D eigenvalue weighted by Crippen LogP contribution is -2.42. The van der Waals surface area contributed by atoms with Gasteiger partial charge in [-0.3, -0.25) is 9.80 Å². The molecule has 3 aromatic rings. The number of hydrogen-bond donors (Lipinski definition) is 7. The van der Waals surface area contributed by atoms with Crippen molar-refractivity contribution in [3.8, 4) is 11.8 Å². The molecular formula is C49H70ClN11O9S2. The average molecular weight is 1060 g/mol. The largest absolute Gasteiger partial charge is 0.484 e. The number of benzene rings is 3. The van der Waals surface area contributed by atoms with Gasteiger partial charge in [-0.15, -0.1) is 0 Å². The van der Waals surface area contributed by atoms with Crippen LogP contribution in [0, 0.1) is 11.3 Å². The molecule has 23 heteroatoms. The number of ether oxygens (including phenoxy) is 3. The fourth-order valence-corrected chi connectivity index (χ4v) is 12.2. The summed E-state index contributed by atoms with van der Waals surface area (Å²) in [6, 6.07) is 18.5. The van der Waals surface area contributed by atoms with E-state index in [2.05, 4.69) is 52.1 Å². The highest BCUT2D eigenvalue weighted by molar-refractivity contribution is 7.89. The number of likely N-dealkylation sites (tertiary alicyclic amines) is 2. The molecule has 4 aliphatic rings. The zero-order valence-electron chi connectivity index (χ0n) is 40.8. The predicted octanol–water partition coefficient (Wildman–Crippen LogP) is 2.45.